The number of rotatable bonds is 7. The number of hydrogen-bond acceptors (Lipinski definition) is 6. The van der Waals surface area contributed by atoms with Gasteiger partial charge in [0.05, 0.1) is 18.5 Å². The van der Waals surface area contributed by atoms with Crippen LogP contribution in [0.2, 0.25) is 0 Å². The maximum atomic E-state index is 13.4. The molecule has 1 N–H and O–H groups in total. The van der Waals surface area contributed by atoms with Crippen LogP contribution in [-0.4, -0.2) is 45.6 Å². The average molecular weight is 447 g/mol. The van der Waals surface area contributed by atoms with Gasteiger partial charge in [-0.05, 0) is 45.2 Å². The van der Waals surface area contributed by atoms with E-state index in [-0.39, 0.29) is 24.6 Å². The molecule has 3 rings (SSSR count). The summed E-state index contributed by atoms with van der Waals surface area (Å²) in [6, 6.07) is 1.69. The summed E-state index contributed by atoms with van der Waals surface area (Å²) in [5.74, 6) is -1.83. The molecule has 0 saturated heterocycles. The number of ether oxygens (including phenoxy) is 1. The molecular formula is C23H31FN4O4. The molecule has 2 aliphatic rings. The minimum Gasteiger partial charge on any atom is -0.460 e. The number of halogens is 1. The third kappa shape index (κ3) is 6.58. The van der Waals surface area contributed by atoms with Crippen molar-refractivity contribution in [1.82, 2.24) is 9.99 Å². The van der Waals surface area contributed by atoms with Crippen LogP contribution in [0, 0.1) is 17.7 Å². The second kappa shape index (κ2) is 10.2. The lowest BCUT2D eigenvalue weighted by molar-refractivity contribution is -0.159. The number of amides is 2. The van der Waals surface area contributed by atoms with E-state index in [9.17, 15) is 18.8 Å². The molecule has 32 heavy (non-hydrogen) atoms. The predicted molar refractivity (Wildman–Crippen MR) is 117 cm³/mol. The maximum Gasteiger partial charge on any atom is 0.307 e. The molecular weight excluding hydrogens is 415 g/mol. The molecule has 0 spiro atoms. The topological polar surface area (TPSA) is 101 Å². The molecule has 1 saturated carbocycles. The first-order valence-electron chi connectivity index (χ1n) is 11.1. The van der Waals surface area contributed by atoms with E-state index in [0.29, 0.717) is 12.3 Å². The summed E-state index contributed by atoms with van der Waals surface area (Å²) in [5.41, 5.74) is -0.644. The van der Waals surface area contributed by atoms with Gasteiger partial charge in [-0.2, -0.15) is 5.10 Å². The first kappa shape index (κ1) is 23.8. The van der Waals surface area contributed by atoms with Crippen molar-refractivity contribution in [3.63, 3.8) is 0 Å². The van der Waals surface area contributed by atoms with E-state index in [4.69, 9.17) is 4.74 Å². The summed E-state index contributed by atoms with van der Waals surface area (Å²) in [6.07, 6.45) is 7.59. The SMILES string of the molecule is CC(C)(C)OC(=O)C[C@@H](CC1CCCC1)C(=O)N1N=CCC1C(=O)Nc1ccc(F)cn1. The number of hydrazone groups is 1. The van der Waals surface area contributed by atoms with Crippen molar-refractivity contribution in [2.24, 2.45) is 16.9 Å². The molecule has 1 aromatic rings. The summed E-state index contributed by atoms with van der Waals surface area (Å²) in [6.45, 7) is 5.36. The van der Waals surface area contributed by atoms with Crippen LogP contribution in [0.25, 0.3) is 0 Å². The van der Waals surface area contributed by atoms with Gasteiger partial charge in [0.15, 0.2) is 0 Å². The van der Waals surface area contributed by atoms with Crippen LogP contribution in [0.5, 0.6) is 0 Å². The number of carbonyl (C=O) groups excluding carboxylic acids is 3. The molecule has 2 heterocycles. The monoisotopic (exact) mass is 446 g/mol. The van der Waals surface area contributed by atoms with E-state index in [2.05, 4.69) is 15.4 Å². The van der Waals surface area contributed by atoms with E-state index < -0.39 is 35.3 Å². The van der Waals surface area contributed by atoms with Crippen LogP contribution in [0.4, 0.5) is 10.2 Å². The molecule has 9 heteroatoms. The highest BCUT2D eigenvalue weighted by molar-refractivity contribution is 5.99. The highest BCUT2D eigenvalue weighted by Gasteiger charge is 2.38. The fourth-order valence-corrected chi connectivity index (χ4v) is 4.19. The predicted octanol–water partition coefficient (Wildman–Crippen LogP) is 3.67. The van der Waals surface area contributed by atoms with E-state index in [0.717, 1.165) is 31.9 Å². The van der Waals surface area contributed by atoms with Gasteiger partial charge in [0.2, 0.25) is 5.91 Å². The number of esters is 1. The molecule has 1 fully saturated rings. The average Bonchev–Trinajstić information content (AvgIpc) is 3.39. The van der Waals surface area contributed by atoms with Crippen molar-refractivity contribution in [1.29, 1.82) is 0 Å². The van der Waals surface area contributed by atoms with Crippen LogP contribution in [0.3, 0.4) is 0 Å². The van der Waals surface area contributed by atoms with Crippen molar-refractivity contribution < 1.29 is 23.5 Å². The molecule has 1 aliphatic carbocycles. The number of anilines is 1. The molecule has 2 amide bonds. The van der Waals surface area contributed by atoms with Crippen LogP contribution in [-0.2, 0) is 19.1 Å². The minimum atomic E-state index is -0.848. The second-order valence-corrected chi connectivity index (χ2v) is 9.46. The zero-order valence-electron chi connectivity index (χ0n) is 18.8. The van der Waals surface area contributed by atoms with Gasteiger partial charge in [-0.3, -0.25) is 14.4 Å². The summed E-state index contributed by atoms with van der Waals surface area (Å²) in [7, 11) is 0. The van der Waals surface area contributed by atoms with Gasteiger partial charge in [0, 0.05) is 12.6 Å². The number of nitrogens with one attached hydrogen (secondary N) is 1. The van der Waals surface area contributed by atoms with Crippen molar-refractivity contribution >= 4 is 29.8 Å². The first-order valence-corrected chi connectivity index (χ1v) is 11.1. The lowest BCUT2D eigenvalue weighted by atomic mass is 9.89. The molecule has 1 aliphatic heterocycles. The minimum absolute atomic E-state index is 0.0491. The Kier molecular flexibility index (Phi) is 7.58. The van der Waals surface area contributed by atoms with E-state index in [1.807, 2.05) is 0 Å². The van der Waals surface area contributed by atoms with Crippen LogP contribution < -0.4 is 5.32 Å². The molecule has 1 unspecified atom stereocenters. The van der Waals surface area contributed by atoms with Crippen LogP contribution in [0.15, 0.2) is 23.4 Å². The summed E-state index contributed by atoms with van der Waals surface area (Å²) < 4.78 is 18.5. The molecule has 2 atom stereocenters. The zero-order valence-corrected chi connectivity index (χ0v) is 18.8. The lowest BCUT2D eigenvalue weighted by Gasteiger charge is -2.28. The number of carbonyl (C=O) groups is 3. The Hall–Kier alpha value is -2.84. The Morgan fingerprint density at radius 1 is 1.25 bits per heavy atom. The number of nitrogens with zero attached hydrogens (tertiary/aromatic N) is 3. The van der Waals surface area contributed by atoms with Crippen molar-refractivity contribution in [2.45, 2.75) is 77.4 Å². The lowest BCUT2D eigenvalue weighted by Crippen LogP contribution is -2.45. The summed E-state index contributed by atoms with van der Waals surface area (Å²) in [4.78, 5) is 42.5. The molecule has 0 aromatic carbocycles. The maximum absolute atomic E-state index is 13.4. The molecule has 0 bridgehead atoms. The van der Waals surface area contributed by atoms with Crippen molar-refractivity contribution in [3.8, 4) is 0 Å². The fraction of sp³-hybridized carbons (Fsp3) is 0.609. The van der Waals surface area contributed by atoms with Gasteiger partial charge in [-0.25, -0.2) is 14.4 Å². The summed E-state index contributed by atoms with van der Waals surface area (Å²) >= 11 is 0. The third-order valence-electron chi connectivity index (χ3n) is 5.61. The standard InChI is InChI=1S/C23H31FN4O4/c1-23(2,3)32-20(29)13-16(12-15-6-4-5-7-15)22(31)28-18(10-11-26-28)21(30)27-19-9-8-17(24)14-25-19/h8-9,11,14-16,18H,4-7,10,12-13H2,1-3H3,(H,25,27,30)/t16-,18?/m1/s1. The first-order chi connectivity index (χ1) is 15.1. The van der Waals surface area contributed by atoms with Gasteiger partial charge in [-0.15, -0.1) is 0 Å². The Bertz CT molecular complexity index is 860. The largest absolute Gasteiger partial charge is 0.460 e. The van der Waals surface area contributed by atoms with Gasteiger partial charge >= 0.3 is 5.97 Å². The van der Waals surface area contributed by atoms with E-state index in [1.165, 1.54) is 23.4 Å². The zero-order chi connectivity index (χ0) is 23.3. The van der Waals surface area contributed by atoms with Gasteiger partial charge < -0.3 is 10.1 Å². The Balaban J connectivity index is 1.70. The van der Waals surface area contributed by atoms with Crippen molar-refractivity contribution in [3.05, 3.63) is 24.1 Å². The normalized spacial score (nSPS) is 19.8. The second-order valence-electron chi connectivity index (χ2n) is 9.46. The summed E-state index contributed by atoms with van der Waals surface area (Å²) in [5, 5.41) is 7.90. The van der Waals surface area contributed by atoms with Crippen LogP contribution in [0.1, 0.15) is 65.7 Å². The van der Waals surface area contributed by atoms with Gasteiger partial charge in [0.1, 0.15) is 23.3 Å². The smallest absolute Gasteiger partial charge is 0.307 e. The molecule has 1 aromatic heterocycles. The van der Waals surface area contributed by atoms with Crippen molar-refractivity contribution in [2.75, 3.05) is 5.32 Å². The number of hydrogen-bond donors (Lipinski definition) is 1. The Morgan fingerprint density at radius 3 is 2.59 bits per heavy atom. The van der Waals surface area contributed by atoms with Crippen LogP contribution >= 0.6 is 0 Å². The quantitative estimate of drug-likeness (QED) is 0.644. The fourth-order valence-electron chi connectivity index (χ4n) is 4.19. The highest BCUT2D eigenvalue weighted by atomic mass is 19.1. The van der Waals surface area contributed by atoms with Gasteiger partial charge in [0.25, 0.3) is 5.91 Å². The molecule has 0 radical (unpaired) electrons. The van der Waals surface area contributed by atoms with E-state index in [1.54, 1.807) is 20.8 Å². The third-order valence-corrected chi connectivity index (χ3v) is 5.61. The highest BCUT2D eigenvalue weighted by Crippen LogP contribution is 2.33. The number of pyridine rings is 1. The molecule has 174 valence electrons. The number of aromatic nitrogens is 1. The van der Waals surface area contributed by atoms with Gasteiger partial charge in [-0.1, -0.05) is 25.7 Å². The Labute approximate surface area is 187 Å². The van der Waals surface area contributed by atoms with E-state index >= 15 is 0 Å². The Morgan fingerprint density at radius 2 is 1.97 bits per heavy atom. The molecule has 8 nitrogen and oxygen atoms in total.